The molecule has 0 amide bonds. The first-order valence-corrected chi connectivity index (χ1v) is 7.55. The first-order chi connectivity index (χ1) is 10.2. The molecule has 21 heavy (non-hydrogen) atoms. The predicted octanol–water partition coefficient (Wildman–Crippen LogP) is 3.63. The largest absolute Gasteiger partial charge is 0.308 e. The lowest BCUT2D eigenvalue weighted by Crippen LogP contribution is -2.45. The van der Waals surface area contributed by atoms with E-state index in [2.05, 4.69) is 22.3 Å². The third-order valence-corrected chi connectivity index (χ3v) is 4.18. The van der Waals surface area contributed by atoms with Crippen molar-refractivity contribution in [3.63, 3.8) is 0 Å². The molecule has 4 heteroatoms. The van der Waals surface area contributed by atoms with Gasteiger partial charge in [-0.1, -0.05) is 54.1 Å². The topological polar surface area (TPSA) is 15.3 Å². The van der Waals surface area contributed by atoms with E-state index in [-0.39, 0.29) is 10.8 Å². The van der Waals surface area contributed by atoms with Crippen molar-refractivity contribution in [1.82, 2.24) is 10.2 Å². The van der Waals surface area contributed by atoms with Crippen LogP contribution in [0.3, 0.4) is 0 Å². The summed E-state index contributed by atoms with van der Waals surface area (Å²) in [6.45, 7) is 3.28. The first-order valence-electron chi connectivity index (χ1n) is 7.17. The molecule has 2 aromatic rings. The number of hydrogen-bond donors (Lipinski definition) is 1. The molecule has 0 radical (unpaired) electrons. The molecular formula is C17H18ClFN2. The third kappa shape index (κ3) is 3.43. The predicted molar refractivity (Wildman–Crippen MR) is 83.9 cm³/mol. The molecule has 1 heterocycles. The Bertz CT molecular complexity index is 603. The van der Waals surface area contributed by atoms with Gasteiger partial charge in [0, 0.05) is 37.8 Å². The molecule has 1 aliphatic heterocycles. The summed E-state index contributed by atoms with van der Waals surface area (Å²) in [5.41, 5.74) is 1.94. The van der Waals surface area contributed by atoms with Gasteiger partial charge in [0.25, 0.3) is 0 Å². The van der Waals surface area contributed by atoms with Crippen molar-refractivity contribution in [2.75, 3.05) is 19.6 Å². The molecule has 0 aliphatic carbocycles. The normalized spacial score (nSPS) is 19.6. The lowest BCUT2D eigenvalue weighted by molar-refractivity contribution is 0.191. The summed E-state index contributed by atoms with van der Waals surface area (Å²) in [7, 11) is 0. The smallest absolute Gasteiger partial charge is 0.146 e. The fourth-order valence-electron chi connectivity index (χ4n) is 2.77. The third-order valence-electron chi connectivity index (χ3n) is 3.89. The Morgan fingerprint density at radius 3 is 2.76 bits per heavy atom. The van der Waals surface area contributed by atoms with Crippen LogP contribution in [0.2, 0.25) is 5.02 Å². The van der Waals surface area contributed by atoms with Crippen LogP contribution in [0.1, 0.15) is 17.2 Å². The second-order valence-corrected chi connectivity index (χ2v) is 5.77. The quantitative estimate of drug-likeness (QED) is 0.931. The van der Waals surface area contributed by atoms with Gasteiger partial charge in [-0.15, -0.1) is 0 Å². The van der Waals surface area contributed by atoms with E-state index in [9.17, 15) is 4.39 Å². The van der Waals surface area contributed by atoms with E-state index in [1.807, 2.05) is 18.2 Å². The summed E-state index contributed by atoms with van der Waals surface area (Å²) in [4.78, 5) is 2.27. The van der Waals surface area contributed by atoms with Crippen LogP contribution in [0.25, 0.3) is 0 Å². The van der Waals surface area contributed by atoms with E-state index < -0.39 is 0 Å². The Morgan fingerprint density at radius 1 is 1.14 bits per heavy atom. The highest BCUT2D eigenvalue weighted by molar-refractivity contribution is 6.30. The van der Waals surface area contributed by atoms with Crippen LogP contribution in [0, 0.1) is 5.82 Å². The summed E-state index contributed by atoms with van der Waals surface area (Å²) in [5.74, 6) is -0.297. The van der Waals surface area contributed by atoms with Crippen LogP contribution in [0.15, 0.2) is 48.5 Å². The average Bonchev–Trinajstić information content (AvgIpc) is 2.53. The maximum absolute atomic E-state index is 14.0. The number of nitrogens with zero attached hydrogens (tertiary/aromatic N) is 1. The van der Waals surface area contributed by atoms with Crippen molar-refractivity contribution < 1.29 is 4.39 Å². The fourth-order valence-corrected chi connectivity index (χ4v) is 2.97. The zero-order chi connectivity index (χ0) is 14.7. The molecule has 1 unspecified atom stereocenters. The highest BCUT2D eigenvalue weighted by atomic mass is 35.5. The minimum absolute atomic E-state index is 0.197. The van der Waals surface area contributed by atoms with Gasteiger partial charge in [-0.25, -0.2) is 4.39 Å². The molecule has 110 valence electrons. The van der Waals surface area contributed by atoms with Gasteiger partial charge in [0.15, 0.2) is 0 Å². The minimum atomic E-state index is -0.297. The van der Waals surface area contributed by atoms with E-state index in [4.69, 9.17) is 11.6 Å². The van der Waals surface area contributed by atoms with Gasteiger partial charge in [-0.3, -0.25) is 4.90 Å². The molecule has 2 nitrogen and oxygen atoms in total. The standard InChI is InChI=1S/C17H18ClFN2/c18-15-8-4-7-14(17(15)19)11-21-10-9-20-16(12-21)13-5-2-1-3-6-13/h1-8,16,20H,9-12H2. The zero-order valence-corrected chi connectivity index (χ0v) is 12.5. The van der Waals surface area contributed by atoms with Gasteiger partial charge in [-0.2, -0.15) is 0 Å². The van der Waals surface area contributed by atoms with Crippen LogP contribution in [0.5, 0.6) is 0 Å². The maximum Gasteiger partial charge on any atom is 0.146 e. The van der Waals surface area contributed by atoms with Crippen LogP contribution >= 0.6 is 11.6 Å². The number of halogens is 2. The molecular weight excluding hydrogens is 287 g/mol. The second-order valence-electron chi connectivity index (χ2n) is 5.37. The van der Waals surface area contributed by atoms with Crippen LogP contribution < -0.4 is 5.32 Å². The van der Waals surface area contributed by atoms with E-state index >= 15 is 0 Å². The van der Waals surface area contributed by atoms with Crippen molar-refractivity contribution in [3.05, 3.63) is 70.5 Å². The van der Waals surface area contributed by atoms with Gasteiger partial charge in [0.1, 0.15) is 5.82 Å². The van der Waals surface area contributed by atoms with Gasteiger partial charge in [-0.05, 0) is 11.6 Å². The molecule has 0 spiro atoms. The Hall–Kier alpha value is -1.42. The van der Waals surface area contributed by atoms with Gasteiger partial charge in [0.2, 0.25) is 0 Å². The summed E-state index contributed by atoms with van der Waals surface area (Å²) in [6, 6.07) is 15.9. The zero-order valence-electron chi connectivity index (χ0n) is 11.7. The molecule has 1 saturated heterocycles. The molecule has 1 atom stereocenters. The van der Waals surface area contributed by atoms with Crippen LogP contribution in [0.4, 0.5) is 4.39 Å². The summed E-state index contributed by atoms with van der Waals surface area (Å²) < 4.78 is 14.0. The van der Waals surface area contributed by atoms with E-state index in [1.165, 1.54) is 5.56 Å². The van der Waals surface area contributed by atoms with E-state index in [0.29, 0.717) is 18.2 Å². The average molecular weight is 305 g/mol. The lowest BCUT2D eigenvalue weighted by atomic mass is 10.0. The Kier molecular flexibility index (Phi) is 4.54. The highest BCUT2D eigenvalue weighted by Crippen LogP contribution is 2.22. The van der Waals surface area contributed by atoms with Crippen LogP contribution in [-0.4, -0.2) is 24.5 Å². The molecule has 0 saturated carbocycles. The molecule has 2 aromatic carbocycles. The Morgan fingerprint density at radius 2 is 1.95 bits per heavy atom. The number of hydrogen-bond acceptors (Lipinski definition) is 2. The molecule has 1 N–H and O–H groups in total. The van der Waals surface area contributed by atoms with Gasteiger partial charge >= 0.3 is 0 Å². The number of benzene rings is 2. The highest BCUT2D eigenvalue weighted by Gasteiger charge is 2.21. The fraction of sp³-hybridized carbons (Fsp3) is 0.294. The Labute approximate surface area is 129 Å². The molecule has 1 fully saturated rings. The lowest BCUT2D eigenvalue weighted by Gasteiger charge is -2.34. The second kappa shape index (κ2) is 6.56. The van der Waals surface area contributed by atoms with Crippen LogP contribution in [-0.2, 0) is 6.54 Å². The van der Waals surface area contributed by atoms with Crippen molar-refractivity contribution >= 4 is 11.6 Å². The molecule has 0 aromatic heterocycles. The van der Waals surface area contributed by atoms with Crippen molar-refractivity contribution in [1.29, 1.82) is 0 Å². The van der Waals surface area contributed by atoms with Gasteiger partial charge < -0.3 is 5.32 Å². The van der Waals surface area contributed by atoms with Crippen molar-refractivity contribution in [3.8, 4) is 0 Å². The Balaban J connectivity index is 1.70. The monoisotopic (exact) mass is 304 g/mol. The summed E-state index contributed by atoms with van der Waals surface area (Å²) in [5, 5.41) is 3.71. The maximum atomic E-state index is 14.0. The van der Waals surface area contributed by atoms with E-state index in [0.717, 1.165) is 19.6 Å². The number of nitrogens with one attached hydrogen (secondary N) is 1. The minimum Gasteiger partial charge on any atom is -0.308 e. The number of rotatable bonds is 3. The van der Waals surface area contributed by atoms with Crippen molar-refractivity contribution in [2.24, 2.45) is 0 Å². The van der Waals surface area contributed by atoms with Gasteiger partial charge in [0.05, 0.1) is 5.02 Å². The molecule has 1 aliphatic rings. The SMILES string of the molecule is Fc1c(Cl)cccc1CN1CCNC(c2ccccc2)C1. The number of piperazine rings is 1. The van der Waals surface area contributed by atoms with Crippen molar-refractivity contribution in [2.45, 2.75) is 12.6 Å². The van der Waals surface area contributed by atoms with E-state index in [1.54, 1.807) is 18.2 Å². The first kappa shape index (κ1) is 14.5. The summed E-state index contributed by atoms with van der Waals surface area (Å²) >= 11 is 5.85. The molecule has 0 bridgehead atoms. The summed E-state index contributed by atoms with van der Waals surface area (Å²) in [6.07, 6.45) is 0. The molecule has 3 rings (SSSR count).